The Morgan fingerprint density at radius 1 is 1.47 bits per heavy atom. The van der Waals surface area contributed by atoms with E-state index >= 15 is 0 Å². The molecule has 1 fully saturated rings. The molecule has 0 bridgehead atoms. The molecule has 17 heavy (non-hydrogen) atoms. The number of nitrogen functional groups attached to an aromatic ring is 1. The molecular weight excluding hydrogens is 214 g/mol. The number of hydrogen-bond donors (Lipinski definition) is 3. The number of hydrogen-bond acceptors (Lipinski definition) is 3. The molecule has 0 spiro atoms. The molecule has 1 aromatic carbocycles. The molecule has 1 heterocycles. The third kappa shape index (κ3) is 3.46. The van der Waals surface area contributed by atoms with E-state index in [0.717, 1.165) is 30.6 Å². The molecule has 0 saturated carbocycles. The van der Waals surface area contributed by atoms with Crippen molar-refractivity contribution in [2.75, 3.05) is 12.3 Å². The lowest BCUT2D eigenvalue weighted by molar-refractivity contribution is -0.123. The first-order valence-corrected chi connectivity index (χ1v) is 6.11. The zero-order valence-corrected chi connectivity index (χ0v) is 9.91. The largest absolute Gasteiger partial charge is 0.399 e. The average molecular weight is 233 g/mol. The van der Waals surface area contributed by atoms with Crippen LogP contribution in [0.5, 0.6) is 0 Å². The molecule has 4 N–H and O–H groups in total. The van der Waals surface area contributed by atoms with E-state index in [0.29, 0.717) is 6.54 Å². The highest BCUT2D eigenvalue weighted by Gasteiger charge is 2.19. The van der Waals surface area contributed by atoms with Crippen molar-refractivity contribution in [3.8, 4) is 0 Å². The van der Waals surface area contributed by atoms with Gasteiger partial charge in [0, 0.05) is 12.2 Å². The molecule has 0 aliphatic carbocycles. The maximum absolute atomic E-state index is 11.9. The topological polar surface area (TPSA) is 67.1 Å². The molecular formula is C13H19N3O. The van der Waals surface area contributed by atoms with Crippen LogP contribution in [0.2, 0.25) is 0 Å². The summed E-state index contributed by atoms with van der Waals surface area (Å²) < 4.78 is 0. The highest BCUT2D eigenvalue weighted by Crippen LogP contribution is 2.08. The molecule has 2 rings (SSSR count). The van der Waals surface area contributed by atoms with Crippen molar-refractivity contribution in [2.24, 2.45) is 0 Å². The Morgan fingerprint density at radius 2 is 2.35 bits per heavy atom. The minimum Gasteiger partial charge on any atom is -0.399 e. The van der Waals surface area contributed by atoms with Gasteiger partial charge in [-0.15, -0.1) is 0 Å². The monoisotopic (exact) mass is 233 g/mol. The number of nitrogens with one attached hydrogen (secondary N) is 2. The maximum atomic E-state index is 11.9. The summed E-state index contributed by atoms with van der Waals surface area (Å²) in [4.78, 5) is 11.9. The van der Waals surface area contributed by atoms with E-state index in [9.17, 15) is 4.79 Å². The van der Waals surface area contributed by atoms with Gasteiger partial charge in [-0.1, -0.05) is 18.6 Å². The zero-order valence-electron chi connectivity index (χ0n) is 9.91. The Kier molecular flexibility index (Phi) is 3.98. The highest BCUT2D eigenvalue weighted by molar-refractivity contribution is 5.81. The number of piperidine rings is 1. The van der Waals surface area contributed by atoms with Gasteiger partial charge < -0.3 is 16.4 Å². The first-order chi connectivity index (χ1) is 8.25. The Bertz CT molecular complexity index is 386. The second kappa shape index (κ2) is 5.68. The van der Waals surface area contributed by atoms with Crippen LogP contribution in [0.15, 0.2) is 24.3 Å². The van der Waals surface area contributed by atoms with Crippen molar-refractivity contribution in [1.82, 2.24) is 10.6 Å². The van der Waals surface area contributed by atoms with E-state index in [2.05, 4.69) is 10.6 Å². The van der Waals surface area contributed by atoms with Crippen molar-refractivity contribution < 1.29 is 4.79 Å². The Labute approximate surface area is 102 Å². The van der Waals surface area contributed by atoms with Gasteiger partial charge in [-0.25, -0.2) is 0 Å². The van der Waals surface area contributed by atoms with Crippen LogP contribution < -0.4 is 16.4 Å². The lowest BCUT2D eigenvalue weighted by Crippen LogP contribution is -2.46. The predicted molar refractivity (Wildman–Crippen MR) is 68.3 cm³/mol. The van der Waals surface area contributed by atoms with Crippen molar-refractivity contribution in [3.05, 3.63) is 29.8 Å². The van der Waals surface area contributed by atoms with Gasteiger partial charge in [-0.2, -0.15) is 0 Å². The number of benzene rings is 1. The molecule has 0 radical (unpaired) electrons. The molecule has 1 aliphatic heterocycles. The standard InChI is InChI=1S/C13H19N3O/c14-11-5-3-4-10(8-11)9-16-13(17)12-6-1-2-7-15-12/h3-5,8,12,15H,1-2,6-7,9,14H2,(H,16,17). The molecule has 92 valence electrons. The molecule has 4 nitrogen and oxygen atoms in total. The fraction of sp³-hybridized carbons (Fsp3) is 0.462. The van der Waals surface area contributed by atoms with Gasteiger partial charge >= 0.3 is 0 Å². The Morgan fingerprint density at radius 3 is 3.06 bits per heavy atom. The van der Waals surface area contributed by atoms with Gasteiger partial charge in [-0.05, 0) is 37.1 Å². The molecule has 4 heteroatoms. The number of rotatable bonds is 3. The van der Waals surface area contributed by atoms with Crippen LogP contribution in [0.25, 0.3) is 0 Å². The first kappa shape index (κ1) is 11.9. The van der Waals surface area contributed by atoms with Crippen LogP contribution in [0.3, 0.4) is 0 Å². The molecule has 0 aromatic heterocycles. The van der Waals surface area contributed by atoms with Crippen LogP contribution in [0.4, 0.5) is 5.69 Å². The molecule has 1 amide bonds. The number of amides is 1. The van der Waals surface area contributed by atoms with Gasteiger partial charge in [0.1, 0.15) is 0 Å². The fourth-order valence-electron chi connectivity index (χ4n) is 2.09. The molecule has 1 saturated heterocycles. The van der Waals surface area contributed by atoms with Crippen molar-refractivity contribution in [2.45, 2.75) is 31.8 Å². The van der Waals surface area contributed by atoms with Gasteiger partial charge in [0.05, 0.1) is 6.04 Å². The number of nitrogens with two attached hydrogens (primary N) is 1. The number of carbonyl (C=O) groups excluding carboxylic acids is 1. The quantitative estimate of drug-likeness (QED) is 0.683. The summed E-state index contributed by atoms with van der Waals surface area (Å²) in [6, 6.07) is 7.56. The minimum atomic E-state index is -0.0233. The predicted octanol–water partition coefficient (Wildman–Crippen LogP) is 1.03. The van der Waals surface area contributed by atoms with Gasteiger partial charge in [0.25, 0.3) is 0 Å². The zero-order chi connectivity index (χ0) is 12.1. The average Bonchev–Trinajstić information content (AvgIpc) is 2.37. The van der Waals surface area contributed by atoms with Crippen molar-refractivity contribution in [3.63, 3.8) is 0 Å². The number of carbonyl (C=O) groups is 1. The highest BCUT2D eigenvalue weighted by atomic mass is 16.2. The van der Waals surface area contributed by atoms with Crippen molar-refractivity contribution in [1.29, 1.82) is 0 Å². The SMILES string of the molecule is Nc1cccc(CNC(=O)C2CCCCN2)c1. The fourth-order valence-corrected chi connectivity index (χ4v) is 2.09. The second-order valence-corrected chi connectivity index (χ2v) is 4.47. The lowest BCUT2D eigenvalue weighted by Gasteiger charge is -2.22. The molecule has 1 aliphatic rings. The summed E-state index contributed by atoms with van der Waals surface area (Å²) in [7, 11) is 0. The Balaban J connectivity index is 1.83. The van der Waals surface area contributed by atoms with Gasteiger partial charge in [0.15, 0.2) is 0 Å². The Hall–Kier alpha value is -1.55. The van der Waals surface area contributed by atoms with E-state index in [1.807, 2.05) is 24.3 Å². The van der Waals surface area contributed by atoms with Crippen LogP contribution >= 0.6 is 0 Å². The molecule has 1 unspecified atom stereocenters. The van der Waals surface area contributed by atoms with Crippen LogP contribution in [0.1, 0.15) is 24.8 Å². The summed E-state index contributed by atoms with van der Waals surface area (Å²) in [5.74, 6) is 0.0899. The molecule has 1 atom stereocenters. The van der Waals surface area contributed by atoms with Gasteiger partial charge in [-0.3, -0.25) is 4.79 Å². The van der Waals surface area contributed by atoms with Crippen LogP contribution in [-0.4, -0.2) is 18.5 Å². The van der Waals surface area contributed by atoms with E-state index < -0.39 is 0 Å². The van der Waals surface area contributed by atoms with Gasteiger partial charge in [0.2, 0.25) is 5.91 Å². The van der Waals surface area contributed by atoms with E-state index in [1.54, 1.807) is 0 Å². The summed E-state index contributed by atoms with van der Waals surface area (Å²) in [5.41, 5.74) is 7.45. The summed E-state index contributed by atoms with van der Waals surface area (Å²) in [6.45, 7) is 1.48. The van der Waals surface area contributed by atoms with E-state index in [-0.39, 0.29) is 11.9 Å². The lowest BCUT2D eigenvalue weighted by atomic mass is 10.0. The minimum absolute atomic E-state index is 0.0233. The smallest absolute Gasteiger partial charge is 0.237 e. The van der Waals surface area contributed by atoms with Crippen LogP contribution in [-0.2, 0) is 11.3 Å². The van der Waals surface area contributed by atoms with E-state index in [1.165, 1.54) is 6.42 Å². The van der Waals surface area contributed by atoms with E-state index in [4.69, 9.17) is 5.73 Å². The van der Waals surface area contributed by atoms with Crippen LogP contribution in [0, 0.1) is 0 Å². The third-order valence-corrected chi connectivity index (χ3v) is 3.04. The summed E-state index contributed by atoms with van der Waals surface area (Å²) >= 11 is 0. The third-order valence-electron chi connectivity index (χ3n) is 3.04. The normalized spacial score (nSPS) is 19.9. The first-order valence-electron chi connectivity index (χ1n) is 6.11. The number of anilines is 1. The maximum Gasteiger partial charge on any atom is 0.237 e. The second-order valence-electron chi connectivity index (χ2n) is 4.47. The van der Waals surface area contributed by atoms with Crippen molar-refractivity contribution >= 4 is 11.6 Å². The molecule has 1 aromatic rings. The summed E-state index contributed by atoms with van der Waals surface area (Å²) in [5, 5.41) is 6.17. The summed E-state index contributed by atoms with van der Waals surface area (Å²) in [6.07, 6.45) is 3.23.